The predicted molar refractivity (Wildman–Crippen MR) is 118 cm³/mol. The van der Waals surface area contributed by atoms with Crippen molar-refractivity contribution in [2.24, 2.45) is 0 Å². The second-order valence-corrected chi connectivity index (χ2v) is 7.64. The van der Waals surface area contributed by atoms with Gasteiger partial charge < -0.3 is 34.3 Å². The van der Waals surface area contributed by atoms with Crippen molar-refractivity contribution < 1.29 is 14.6 Å². The molecule has 1 aliphatic rings. The molecule has 0 unspecified atom stereocenters. The Kier molecular flexibility index (Phi) is 4.87. The quantitative estimate of drug-likeness (QED) is 0.445. The molecule has 1 saturated heterocycles. The SMILES string of the molecule is COc1cc(-c2nc3nc(N4CCN(C)CC4)ccc3[nH]2)c(OC)c2[nH]c(CO)nc12. The maximum atomic E-state index is 9.49. The summed E-state index contributed by atoms with van der Waals surface area (Å²) < 4.78 is 11.2. The number of methoxy groups -OCH3 is 2. The molecule has 10 nitrogen and oxygen atoms in total. The first-order chi connectivity index (χ1) is 15.1. The molecular weight excluding hydrogens is 398 g/mol. The fourth-order valence-corrected chi connectivity index (χ4v) is 4.00. The zero-order chi connectivity index (χ0) is 21.5. The van der Waals surface area contributed by atoms with Crippen LogP contribution in [0.2, 0.25) is 0 Å². The number of aromatic amines is 2. The van der Waals surface area contributed by atoms with Gasteiger partial charge in [0.25, 0.3) is 0 Å². The number of H-pyrrole nitrogens is 2. The van der Waals surface area contributed by atoms with Crippen LogP contribution in [0.5, 0.6) is 11.5 Å². The Labute approximate surface area is 178 Å². The van der Waals surface area contributed by atoms with E-state index in [0.29, 0.717) is 39.8 Å². The topological polar surface area (TPSA) is 115 Å². The van der Waals surface area contributed by atoms with Crippen molar-refractivity contribution in [3.05, 3.63) is 24.0 Å². The number of nitrogens with zero attached hydrogens (tertiary/aromatic N) is 5. The van der Waals surface area contributed by atoms with E-state index in [1.54, 1.807) is 14.2 Å². The smallest absolute Gasteiger partial charge is 0.180 e. The minimum Gasteiger partial charge on any atom is -0.494 e. The number of hydrogen-bond donors (Lipinski definition) is 3. The third-order valence-corrected chi connectivity index (χ3v) is 5.72. The van der Waals surface area contributed by atoms with Crippen molar-refractivity contribution in [3.8, 4) is 22.9 Å². The first kappa shape index (κ1) is 19.6. The lowest BCUT2D eigenvalue weighted by Gasteiger charge is -2.33. The molecule has 0 radical (unpaired) electrons. The van der Waals surface area contributed by atoms with Crippen LogP contribution in [-0.4, -0.2) is 82.4 Å². The highest BCUT2D eigenvalue weighted by molar-refractivity contribution is 5.95. The second kappa shape index (κ2) is 7.71. The third kappa shape index (κ3) is 3.33. The summed E-state index contributed by atoms with van der Waals surface area (Å²) in [5.41, 5.74) is 3.45. The van der Waals surface area contributed by atoms with E-state index < -0.39 is 0 Å². The van der Waals surface area contributed by atoms with Crippen molar-refractivity contribution in [3.63, 3.8) is 0 Å². The zero-order valence-corrected chi connectivity index (χ0v) is 17.8. The summed E-state index contributed by atoms with van der Waals surface area (Å²) in [7, 11) is 5.31. The highest BCUT2D eigenvalue weighted by Crippen LogP contribution is 2.40. The fourth-order valence-electron chi connectivity index (χ4n) is 4.00. The molecule has 0 aliphatic carbocycles. The van der Waals surface area contributed by atoms with E-state index in [9.17, 15) is 5.11 Å². The molecule has 162 valence electrons. The Morgan fingerprint density at radius 3 is 2.55 bits per heavy atom. The van der Waals surface area contributed by atoms with E-state index in [4.69, 9.17) is 19.4 Å². The minimum atomic E-state index is -0.208. The third-order valence-electron chi connectivity index (χ3n) is 5.72. The van der Waals surface area contributed by atoms with E-state index in [-0.39, 0.29) is 6.61 Å². The minimum absolute atomic E-state index is 0.208. The summed E-state index contributed by atoms with van der Waals surface area (Å²) >= 11 is 0. The molecule has 3 N–H and O–H groups in total. The molecule has 0 bridgehead atoms. The average molecular weight is 423 g/mol. The van der Waals surface area contributed by atoms with Crippen molar-refractivity contribution in [2.75, 3.05) is 52.3 Å². The monoisotopic (exact) mass is 423 g/mol. The number of fused-ring (bicyclic) bond motifs is 2. The van der Waals surface area contributed by atoms with Crippen LogP contribution in [-0.2, 0) is 6.61 Å². The largest absolute Gasteiger partial charge is 0.494 e. The van der Waals surface area contributed by atoms with Gasteiger partial charge in [-0.3, -0.25) is 0 Å². The summed E-state index contributed by atoms with van der Waals surface area (Å²) in [6.45, 7) is 3.72. The number of benzene rings is 1. The number of piperazine rings is 1. The molecule has 0 spiro atoms. The lowest BCUT2D eigenvalue weighted by molar-refractivity contribution is 0.273. The molecule has 1 aromatic carbocycles. The van der Waals surface area contributed by atoms with Crippen LogP contribution in [0.4, 0.5) is 5.82 Å². The summed E-state index contributed by atoms with van der Waals surface area (Å²) in [5.74, 6) is 3.12. The fraction of sp³-hybridized carbons (Fsp3) is 0.381. The van der Waals surface area contributed by atoms with Crippen LogP contribution in [0.1, 0.15) is 5.82 Å². The Morgan fingerprint density at radius 1 is 1.03 bits per heavy atom. The molecule has 1 fully saturated rings. The molecule has 10 heteroatoms. The molecule has 3 aromatic heterocycles. The number of nitrogens with one attached hydrogen (secondary N) is 2. The van der Waals surface area contributed by atoms with Gasteiger partial charge in [-0.1, -0.05) is 0 Å². The van der Waals surface area contributed by atoms with Gasteiger partial charge in [-0.2, -0.15) is 0 Å². The van der Waals surface area contributed by atoms with E-state index in [0.717, 1.165) is 43.1 Å². The Balaban J connectivity index is 1.60. The number of aliphatic hydroxyl groups is 1. The number of aromatic nitrogens is 5. The Bertz CT molecular complexity index is 1240. The van der Waals surface area contributed by atoms with Crippen molar-refractivity contribution in [1.29, 1.82) is 0 Å². The summed E-state index contributed by atoms with van der Waals surface area (Å²) in [5, 5.41) is 9.49. The molecule has 0 amide bonds. The number of aliphatic hydroxyl groups excluding tert-OH is 1. The van der Waals surface area contributed by atoms with Crippen LogP contribution in [0.25, 0.3) is 33.6 Å². The molecule has 5 rings (SSSR count). The van der Waals surface area contributed by atoms with Gasteiger partial charge in [0, 0.05) is 26.2 Å². The van der Waals surface area contributed by atoms with Gasteiger partial charge >= 0.3 is 0 Å². The lowest BCUT2D eigenvalue weighted by atomic mass is 10.1. The molecule has 0 atom stereocenters. The Morgan fingerprint density at radius 2 is 1.84 bits per heavy atom. The van der Waals surface area contributed by atoms with Gasteiger partial charge in [0.1, 0.15) is 40.9 Å². The zero-order valence-electron chi connectivity index (χ0n) is 17.8. The molecule has 31 heavy (non-hydrogen) atoms. The van der Waals surface area contributed by atoms with E-state index in [2.05, 4.69) is 31.8 Å². The van der Waals surface area contributed by atoms with Crippen LogP contribution >= 0.6 is 0 Å². The number of anilines is 1. The van der Waals surface area contributed by atoms with Crippen molar-refractivity contribution in [2.45, 2.75) is 6.61 Å². The normalized spacial score (nSPS) is 15.2. The maximum absolute atomic E-state index is 9.49. The number of imidazole rings is 2. The number of ether oxygens (including phenoxy) is 2. The number of hydrogen-bond acceptors (Lipinski definition) is 8. The average Bonchev–Trinajstić information content (AvgIpc) is 3.42. The molecular formula is C21H25N7O3. The number of likely N-dealkylation sites (N-methyl/N-ethyl adjacent to an activating group) is 1. The molecule has 0 saturated carbocycles. The van der Waals surface area contributed by atoms with E-state index in [1.165, 1.54) is 0 Å². The molecule has 4 aromatic rings. The van der Waals surface area contributed by atoms with Crippen molar-refractivity contribution >= 4 is 28.0 Å². The van der Waals surface area contributed by atoms with E-state index >= 15 is 0 Å². The highest BCUT2D eigenvalue weighted by atomic mass is 16.5. The lowest BCUT2D eigenvalue weighted by Crippen LogP contribution is -2.44. The van der Waals surface area contributed by atoms with Gasteiger partial charge in [-0.15, -0.1) is 0 Å². The van der Waals surface area contributed by atoms with Gasteiger partial charge in [-0.05, 0) is 25.2 Å². The van der Waals surface area contributed by atoms with Gasteiger partial charge in [0.05, 0.1) is 25.3 Å². The predicted octanol–water partition coefficient (Wildman–Crippen LogP) is 1.76. The molecule has 4 heterocycles. The van der Waals surface area contributed by atoms with Crippen LogP contribution in [0, 0.1) is 0 Å². The number of pyridine rings is 1. The summed E-state index contributed by atoms with van der Waals surface area (Å²) in [6.07, 6.45) is 0. The van der Waals surface area contributed by atoms with Gasteiger partial charge in [0.15, 0.2) is 11.4 Å². The van der Waals surface area contributed by atoms with E-state index in [1.807, 2.05) is 18.2 Å². The summed E-state index contributed by atoms with van der Waals surface area (Å²) in [4.78, 5) is 25.0. The number of rotatable bonds is 5. The van der Waals surface area contributed by atoms with Crippen LogP contribution in [0.15, 0.2) is 18.2 Å². The van der Waals surface area contributed by atoms with Gasteiger partial charge in [-0.25, -0.2) is 15.0 Å². The first-order valence-corrected chi connectivity index (χ1v) is 10.2. The van der Waals surface area contributed by atoms with Gasteiger partial charge in [0.2, 0.25) is 0 Å². The van der Waals surface area contributed by atoms with Crippen molar-refractivity contribution in [1.82, 2.24) is 29.8 Å². The standard InChI is InChI=1S/C21H25N7O3/c1-27-6-8-28(9-7-27)16-5-4-13-21(25-16)26-20(22-13)12-10-14(30-2)17-18(19(12)31-3)24-15(11-29)23-17/h4-5,10,29H,6-9,11H2,1-3H3,(H,23,24)(H,22,25,26). The Hall–Kier alpha value is -3.37. The van der Waals surface area contributed by atoms with Crippen LogP contribution in [0.3, 0.4) is 0 Å². The maximum Gasteiger partial charge on any atom is 0.180 e. The van der Waals surface area contributed by atoms with Crippen LogP contribution < -0.4 is 14.4 Å². The second-order valence-electron chi connectivity index (χ2n) is 7.64. The summed E-state index contributed by atoms with van der Waals surface area (Å²) in [6, 6.07) is 5.87. The first-order valence-electron chi connectivity index (χ1n) is 10.2. The molecule has 1 aliphatic heterocycles. The highest BCUT2D eigenvalue weighted by Gasteiger charge is 2.22.